The molecule has 0 unspecified atom stereocenters. The lowest BCUT2D eigenvalue weighted by Gasteiger charge is -2.19. The van der Waals surface area contributed by atoms with Gasteiger partial charge in [0.05, 0.1) is 0 Å². The normalized spacial score (nSPS) is 11.3. The molecule has 1 heterocycles. The maximum absolute atomic E-state index is 10.7. The molecule has 2 N–H and O–H groups in total. The Kier molecular flexibility index (Phi) is 2.51. The van der Waals surface area contributed by atoms with E-state index in [0.717, 1.165) is 11.5 Å². The topological polar surface area (TPSA) is 75.1 Å². The van der Waals surface area contributed by atoms with Crippen LogP contribution in [-0.4, -0.2) is 26.0 Å². The highest BCUT2D eigenvalue weighted by Gasteiger charge is 2.27. The van der Waals surface area contributed by atoms with E-state index in [4.69, 9.17) is 5.11 Å². The smallest absolute Gasteiger partial charge is 0.328 e. The van der Waals surface area contributed by atoms with E-state index in [9.17, 15) is 4.79 Å². The summed E-state index contributed by atoms with van der Waals surface area (Å²) in [5, 5.41) is 12.1. The lowest BCUT2D eigenvalue weighted by Crippen LogP contribution is -2.39. The third kappa shape index (κ3) is 2.38. The fourth-order valence-corrected chi connectivity index (χ4v) is 1.40. The van der Waals surface area contributed by atoms with Gasteiger partial charge < -0.3 is 10.4 Å². The zero-order valence-corrected chi connectivity index (χ0v) is 8.47. The van der Waals surface area contributed by atoms with Crippen LogP contribution < -0.4 is 5.32 Å². The molecule has 0 atom stereocenters. The zero-order chi connectivity index (χ0) is 10.1. The Morgan fingerprint density at radius 3 is 2.62 bits per heavy atom. The van der Waals surface area contributed by atoms with E-state index in [0.29, 0.717) is 11.0 Å². The van der Waals surface area contributed by atoms with Crippen molar-refractivity contribution in [2.24, 2.45) is 0 Å². The van der Waals surface area contributed by atoms with Crippen molar-refractivity contribution in [2.45, 2.75) is 26.3 Å². The molecule has 1 aromatic rings. The van der Waals surface area contributed by atoms with E-state index in [2.05, 4.69) is 14.7 Å². The Morgan fingerprint density at radius 1 is 1.62 bits per heavy atom. The number of nitrogens with one attached hydrogen (secondary N) is 1. The van der Waals surface area contributed by atoms with Crippen molar-refractivity contribution in [2.75, 3.05) is 5.32 Å². The van der Waals surface area contributed by atoms with Crippen LogP contribution in [0.4, 0.5) is 5.13 Å². The van der Waals surface area contributed by atoms with Crippen molar-refractivity contribution in [1.82, 2.24) is 9.36 Å². The van der Waals surface area contributed by atoms with Crippen LogP contribution >= 0.6 is 11.5 Å². The molecule has 0 amide bonds. The molecule has 0 aliphatic rings. The van der Waals surface area contributed by atoms with Crippen molar-refractivity contribution in [3.8, 4) is 0 Å². The van der Waals surface area contributed by atoms with E-state index in [1.807, 2.05) is 0 Å². The van der Waals surface area contributed by atoms with Crippen LogP contribution in [0.1, 0.15) is 19.7 Å². The molecule has 0 saturated heterocycles. The van der Waals surface area contributed by atoms with E-state index in [-0.39, 0.29) is 0 Å². The van der Waals surface area contributed by atoms with Crippen LogP contribution in [0.3, 0.4) is 0 Å². The van der Waals surface area contributed by atoms with E-state index >= 15 is 0 Å². The average Bonchev–Trinajstić information content (AvgIpc) is 2.34. The number of aliphatic carboxylic acids is 1. The molecule has 0 aliphatic heterocycles. The second-order valence-corrected chi connectivity index (χ2v) is 3.95. The summed E-state index contributed by atoms with van der Waals surface area (Å²) >= 11 is 1.16. The second kappa shape index (κ2) is 3.29. The highest BCUT2D eigenvalue weighted by Crippen LogP contribution is 2.16. The van der Waals surface area contributed by atoms with E-state index < -0.39 is 11.5 Å². The quantitative estimate of drug-likeness (QED) is 0.766. The lowest BCUT2D eigenvalue weighted by atomic mass is 10.1. The van der Waals surface area contributed by atoms with Crippen molar-refractivity contribution in [1.29, 1.82) is 0 Å². The van der Waals surface area contributed by atoms with Gasteiger partial charge in [0.15, 0.2) is 0 Å². The fraction of sp³-hybridized carbons (Fsp3) is 0.571. The first-order chi connectivity index (χ1) is 5.92. The molecular weight excluding hydrogens is 190 g/mol. The Hall–Kier alpha value is -1.17. The van der Waals surface area contributed by atoms with Gasteiger partial charge >= 0.3 is 5.97 Å². The Labute approximate surface area is 80.0 Å². The largest absolute Gasteiger partial charge is 0.480 e. The number of hydrogen-bond acceptors (Lipinski definition) is 5. The minimum Gasteiger partial charge on any atom is -0.480 e. The first-order valence-corrected chi connectivity index (χ1v) is 4.51. The van der Waals surface area contributed by atoms with Crippen LogP contribution in [0.25, 0.3) is 0 Å². The molecule has 0 radical (unpaired) electrons. The number of rotatable bonds is 3. The molecule has 6 heteroatoms. The van der Waals surface area contributed by atoms with Crippen molar-refractivity contribution in [3.63, 3.8) is 0 Å². The van der Waals surface area contributed by atoms with Gasteiger partial charge in [-0.2, -0.15) is 4.37 Å². The zero-order valence-electron chi connectivity index (χ0n) is 7.66. The van der Waals surface area contributed by atoms with Crippen LogP contribution in [0.5, 0.6) is 0 Å². The number of carboxylic acid groups (broad SMARTS) is 1. The fourth-order valence-electron chi connectivity index (χ4n) is 0.669. The van der Waals surface area contributed by atoms with Gasteiger partial charge in [0.2, 0.25) is 5.13 Å². The summed E-state index contributed by atoms with van der Waals surface area (Å²) < 4.78 is 3.94. The number of aromatic nitrogens is 2. The SMILES string of the molecule is Cc1nsc(NC(C)(C)C(=O)O)n1. The molecule has 0 fully saturated rings. The number of aryl methyl sites for hydroxylation is 1. The Balaban J connectivity index is 2.74. The number of carboxylic acids is 1. The molecule has 0 saturated carbocycles. The third-order valence-corrected chi connectivity index (χ3v) is 2.20. The molecule has 0 bridgehead atoms. The molecule has 0 spiro atoms. The summed E-state index contributed by atoms with van der Waals surface area (Å²) in [7, 11) is 0. The van der Waals surface area contributed by atoms with Gasteiger partial charge in [0.1, 0.15) is 11.4 Å². The highest BCUT2D eigenvalue weighted by atomic mass is 32.1. The second-order valence-electron chi connectivity index (χ2n) is 3.20. The molecule has 0 aliphatic carbocycles. The lowest BCUT2D eigenvalue weighted by molar-refractivity contribution is -0.141. The molecular formula is C7H11N3O2S. The van der Waals surface area contributed by atoms with Crippen LogP contribution in [0.15, 0.2) is 0 Å². The standard InChI is InChI=1S/C7H11N3O2S/c1-4-8-6(13-10-4)9-7(2,3)5(11)12/h1-3H3,(H,11,12)(H,8,9,10). The van der Waals surface area contributed by atoms with Crippen molar-refractivity contribution in [3.05, 3.63) is 5.82 Å². The van der Waals surface area contributed by atoms with Gasteiger partial charge in [0.25, 0.3) is 0 Å². The van der Waals surface area contributed by atoms with Crippen molar-refractivity contribution >= 4 is 22.6 Å². The van der Waals surface area contributed by atoms with Gasteiger partial charge in [-0.05, 0) is 20.8 Å². The van der Waals surface area contributed by atoms with Gasteiger partial charge in [-0.3, -0.25) is 0 Å². The van der Waals surface area contributed by atoms with Crippen LogP contribution in [0.2, 0.25) is 0 Å². The van der Waals surface area contributed by atoms with Crippen LogP contribution in [0, 0.1) is 6.92 Å². The van der Waals surface area contributed by atoms with Crippen LogP contribution in [-0.2, 0) is 4.79 Å². The predicted molar refractivity (Wildman–Crippen MR) is 50.0 cm³/mol. The summed E-state index contributed by atoms with van der Waals surface area (Å²) in [6, 6.07) is 0. The maximum Gasteiger partial charge on any atom is 0.328 e. The Morgan fingerprint density at radius 2 is 2.23 bits per heavy atom. The van der Waals surface area contributed by atoms with Gasteiger partial charge in [-0.25, -0.2) is 9.78 Å². The molecule has 1 aromatic heterocycles. The molecule has 5 nitrogen and oxygen atoms in total. The summed E-state index contributed by atoms with van der Waals surface area (Å²) in [5.74, 6) is -0.269. The summed E-state index contributed by atoms with van der Waals surface area (Å²) in [6.07, 6.45) is 0. The first kappa shape index (κ1) is 9.91. The number of carbonyl (C=O) groups is 1. The third-order valence-electron chi connectivity index (χ3n) is 1.48. The first-order valence-electron chi connectivity index (χ1n) is 3.74. The van der Waals surface area contributed by atoms with Crippen molar-refractivity contribution < 1.29 is 9.90 Å². The molecule has 0 aromatic carbocycles. The van der Waals surface area contributed by atoms with E-state index in [1.165, 1.54) is 0 Å². The summed E-state index contributed by atoms with van der Waals surface area (Å²) in [4.78, 5) is 14.7. The number of anilines is 1. The molecule has 1 rings (SSSR count). The maximum atomic E-state index is 10.7. The highest BCUT2D eigenvalue weighted by molar-refractivity contribution is 7.09. The Bertz CT molecular complexity index is 321. The van der Waals surface area contributed by atoms with Gasteiger partial charge in [-0.1, -0.05) is 0 Å². The average molecular weight is 201 g/mol. The minimum absolute atomic E-state index is 0.532. The molecule has 13 heavy (non-hydrogen) atoms. The monoisotopic (exact) mass is 201 g/mol. The summed E-state index contributed by atoms with van der Waals surface area (Å²) in [6.45, 7) is 4.91. The predicted octanol–water partition coefficient (Wildman–Crippen LogP) is 1.12. The number of hydrogen-bond donors (Lipinski definition) is 2. The summed E-state index contributed by atoms with van der Waals surface area (Å²) in [5.41, 5.74) is -1.01. The molecule has 72 valence electrons. The van der Waals surface area contributed by atoms with E-state index in [1.54, 1.807) is 20.8 Å². The number of nitrogens with zero attached hydrogens (tertiary/aromatic N) is 2. The van der Waals surface area contributed by atoms with Gasteiger partial charge in [0, 0.05) is 11.5 Å². The van der Waals surface area contributed by atoms with Gasteiger partial charge in [-0.15, -0.1) is 0 Å². The minimum atomic E-state index is -1.01.